The number of hydrogen-bond acceptors (Lipinski definition) is 4. The summed E-state index contributed by atoms with van der Waals surface area (Å²) in [7, 11) is 1.50. The van der Waals surface area contributed by atoms with Crippen molar-refractivity contribution in [1.82, 2.24) is 5.43 Å². The van der Waals surface area contributed by atoms with Gasteiger partial charge in [0.2, 0.25) is 6.41 Å². The van der Waals surface area contributed by atoms with Gasteiger partial charge >= 0.3 is 6.03 Å². The van der Waals surface area contributed by atoms with Gasteiger partial charge in [-0.1, -0.05) is 17.7 Å². The van der Waals surface area contributed by atoms with Crippen molar-refractivity contribution < 1.29 is 14.3 Å². The second-order valence-electron chi connectivity index (χ2n) is 4.75. The molecule has 0 aliphatic carbocycles. The predicted octanol–water partition coefficient (Wildman–Crippen LogP) is 2.72. The maximum absolute atomic E-state index is 12.0. The van der Waals surface area contributed by atoms with E-state index in [1.54, 1.807) is 18.2 Å². The number of aryl methyl sites for hydroxylation is 1. The molecule has 0 radical (unpaired) electrons. The quantitative estimate of drug-likeness (QED) is 0.487. The second kappa shape index (κ2) is 7.69. The monoisotopic (exact) mass is 314 g/mol. The van der Waals surface area contributed by atoms with E-state index in [4.69, 9.17) is 4.74 Å². The van der Waals surface area contributed by atoms with Gasteiger partial charge in [0.25, 0.3) is 0 Å². The minimum atomic E-state index is -0.359. The van der Waals surface area contributed by atoms with Crippen LogP contribution in [0.3, 0.4) is 0 Å². The van der Waals surface area contributed by atoms with E-state index in [0.717, 1.165) is 5.56 Å². The summed E-state index contributed by atoms with van der Waals surface area (Å²) in [5.41, 5.74) is 7.95. The molecule has 0 unspecified atom stereocenters. The predicted molar refractivity (Wildman–Crippen MR) is 89.6 cm³/mol. The molecule has 7 nitrogen and oxygen atoms in total. The standard InChI is InChI=1S/C16H18N4O3/c1-11-3-5-12(6-4-11)18-16(22)19-13-7-8-14(20-17-10-21)15(9-13)23-2/h3-10,20H,1-2H3,(H,17,21)(H2,18,19,22). The Hall–Kier alpha value is -3.22. The summed E-state index contributed by atoms with van der Waals surface area (Å²) < 4.78 is 5.21. The number of carbonyl (C=O) groups excluding carboxylic acids is 2. The molecule has 0 spiro atoms. The van der Waals surface area contributed by atoms with E-state index in [1.165, 1.54) is 7.11 Å². The molecule has 0 heterocycles. The normalized spacial score (nSPS) is 9.65. The van der Waals surface area contributed by atoms with Crippen LogP contribution in [0.1, 0.15) is 5.56 Å². The van der Waals surface area contributed by atoms with Crippen molar-refractivity contribution >= 4 is 29.5 Å². The lowest BCUT2D eigenvalue weighted by Gasteiger charge is -2.13. The Morgan fingerprint density at radius 1 is 1.04 bits per heavy atom. The summed E-state index contributed by atoms with van der Waals surface area (Å²) in [6.07, 6.45) is 0.515. The Bertz CT molecular complexity index is 686. The smallest absolute Gasteiger partial charge is 0.323 e. The number of rotatable bonds is 6. The zero-order valence-corrected chi connectivity index (χ0v) is 12.8. The molecule has 2 rings (SSSR count). The molecular weight excluding hydrogens is 296 g/mol. The zero-order valence-electron chi connectivity index (χ0n) is 12.8. The molecule has 2 aromatic carbocycles. The fourth-order valence-electron chi connectivity index (χ4n) is 1.91. The van der Waals surface area contributed by atoms with Crippen LogP contribution in [0.25, 0.3) is 0 Å². The Morgan fingerprint density at radius 2 is 1.70 bits per heavy atom. The maximum atomic E-state index is 12.0. The minimum Gasteiger partial charge on any atom is -0.494 e. The third-order valence-corrected chi connectivity index (χ3v) is 3.03. The van der Waals surface area contributed by atoms with Crippen molar-refractivity contribution in [3.05, 3.63) is 48.0 Å². The second-order valence-corrected chi connectivity index (χ2v) is 4.75. The average molecular weight is 314 g/mol. The SMILES string of the molecule is COc1cc(NC(=O)Nc2ccc(C)cc2)ccc1NNC=O. The van der Waals surface area contributed by atoms with Crippen LogP contribution in [0.4, 0.5) is 21.9 Å². The lowest BCUT2D eigenvalue weighted by molar-refractivity contribution is -0.109. The summed E-state index contributed by atoms with van der Waals surface area (Å²) in [6, 6.07) is 12.1. The molecule has 0 saturated carbocycles. The third kappa shape index (κ3) is 4.63. The van der Waals surface area contributed by atoms with Crippen molar-refractivity contribution in [3.63, 3.8) is 0 Å². The maximum Gasteiger partial charge on any atom is 0.323 e. The van der Waals surface area contributed by atoms with Crippen LogP contribution in [0.5, 0.6) is 5.75 Å². The molecule has 7 heteroatoms. The van der Waals surface area contributed by atoms with Gasteiger partial charge in [0.1, 0.15) is 5.75 Å². The molecular formula is C16H18N4O3. The van der Waals surface area contributed by atoms with Crippen molar-refractivity contribution in [2.75, 3.05) is 23.2 Å². The molecule has 0 bridgehead atoms. The molecule has 2 aromatic rings. The van der Waals surface area contributed by atoms with Crippen LogP contribution in [0.2, 0.25) is 0 Å². The fourth-order valence-corrected chi connectivity index (χ4v) is 1.91. The third-order valence-electron chi connectivity index (χ3n) is 3.03. The Morgan fingerprint density at radius 3 is 2.35 bits per heavy atom. The van der Waals surface area contributed by atoms with Crippen molar-refractivity contribution in [3.8, 4) is 5.75 Å². The first-order chi connectivity index (χ1) is 11.1. The lowest BCUT2D eigenvalue weighted by Crippen LogP contribution is -2.20. The topological polar surface area (TPSA) is 91.5 Å². The Labute approximate surface area is 134 Å². The molecule has 0 aliphatic rings. The molecule has 23 heavy (non-hydrogen) atoms. The number of amides is 3. The van der Waals surface area contributed by atoms with Crippen molar-refractivity contribution in [2.45, 2.75) is 6.92 Å². The van der Waals surface area contributed by atoms with E-state index in [9.17, 15) is 9.59 Å². The number of methoxy groups -OCH3 is 1. The zero-order chi connectivity index (χ0) is 16.7. The van der Waals surface area contributed by atoms with Gasteiger partial charge in [-0.15, -0.1) is 0 Å². The van der Waals surface area contributed by atoms with Crippen LogP contribution >= 0.6 is 0 Å². The summed E-state index contributed by atoms with van der Waals surface area (Å²) in [6.45, 7) is 1.98. The van der Waals surface area contributed by atoms with Crippen LogP contribution in [-0.4, -0.2) is 19.6 Å². The largest absolute Gasteiger partial charge is 0.494 e. The van der Waals surface area contributed by atoms with E-state index >= 15 is 0 Å². The molecule has 4 N–H and O–H groups in total. The highest BCUT2D eigenvalue weighted by atomic mass is 16.5. The van der Waals surface area contributed by atoms with E-state index < -0.39 is 0 Å². The van der Waals surface area contributed by atoms with Crippen LogP contribution < -0.4 is 26.2 Å². The number of ether oxygens (including phenoxy) is 1. The summed E-state index contributed by atoms with van der Waals surface area (Å²) >= 11 is 0. The summed E-state index contributed by atoms with van der Waals surface area (Å²) in [5, 5.41) is 5.45. The first-order valence-corrected chi connectivity index (χ1v) is 6.90. The number of benzene rings is 2. The van der Waals surface area contributed by atoms with Crippen LogP contribution in [-0.2, 0) is 4.79 Å². The van der Waals surface area contributed by atoms with E-state index in [-0.39, 0.29) is 6.03 Å². The van der Waals surface area contributed by atoms with Crippen LogP contribution in [0, 0.1) is 6.92 Å². The van der Waals surface area contributed by atoms with Gasteiger partial charge in [-0.05, 0) is 31.2 Å². The highest BCUT2D eigenvalue weighted by Crippen LogP contribution is 2.27. The van der Waals surface area contributed by atoms with E-state index in [1.807, 2.05) is 31.2 Å². The first kappa shape index (κ1) is 16.2. The van der Waals surface area contributed by atoms with Gasteiger partial charge in [-0.3, -0.25) is 15.6 Å². The van der Waals surface area contributed by atoms with E-state index in [2.05, 4.69) is 21.5 Å². The number of nitrogens with one attached hydrogen (secondary N) is 4. The lowest BCUT2D eigenvalue weighted by atomic mass is 10.2. The van der Waals surface area contributed by atoms with Gasteiger partial charge in [-0.2, -0.15) is 0 Å². The van der Waals surface area contributed by atoms with Gasteiger partial charge < -0.3 is 15.4 Å². The van der Waals surface area contributed by atoms with Crippen molar-refractivity contribution in [1.29, 1.82) is 0 Å². The van der Waals surface area contributed by atoms with Gasteiger partial charge in [0.15, 0.2) is 0 Å². The average Bonchev–Trinajstić information content (AvgIpc) is 2.55. The molecule has 0 aromatic heterocycles. The number of hydrogen-bond donors (Lipinski definition) is 4. The Balaban J connectivity index is 2.02. The number of hydrazine groups is 1. The first-order valence-electron chi connectivity index (χ1n) is 6.90. The van der Waals surface area contributed by atoms with Gasteiger partial charge in [0.05, 0.1) is 12.8 Å². The van der Waals surface area contributed by atoms with Crippen LogP contribution in [0.15, 0.2) is 42.5 Å². The minimum absolute atomic E-state index is 0.359. The molecule has 0 saturated heterocycles. The molecule has 0 fully saturated rings. The highest BCUT2D eigenvalue weighted by Gasteiger charge is 2.07. The molecule has 120 valence electrons. The molecule has 3 amide bonds. The number of anilines is 3. The molecule has 0 aliphatic heterocycles. The van der Waals surface area contributed by atoms with E-state index in [0.29, 0.717) is 29.2 Å². The highest BCUT2D eigenvalue weighted by molar-refractivity contribution is 6.00. The fraction of sp³-hybridized carbons (Fsp3) is 0.125. The summed E-state index contributed by atoms with van der Waals surface area (Å²) in [4.78, 5) is 22.3. The van der Waals surface area contributed by atoms with Crippen molar-refractivity contribution in [2.24, 2.45) is 0 Å². The number of urea groups is 1. The van der Waals surface area contributed by atoms with Gasteiger partial charge in [-0.25, -0.2) is 4.79 Å². The summed E-state index contributed by atoms with van der Waals surface area (Å²) in [5.74, 6) is 0.479. The molecule has 0 atom stereocenters. The van der Waals surface area contributed by atoms with Gasteiger partial charge in [0, 0.05) is 17.4 Å². The Kier molecular flexibility index (Phi) is 5.40. The number of carbonyl (C=O) groups is 2.